The Morgan fingerprint density at radius 1 is 0.949 bits per heavy atom. The molecule has 2 unspecified atom stereocenters. The zero-order chi connectivity index (χ0) is 26.6. The fourth-order valence-electron chi connectivity index (χ4n) is 10.2. The summed E-state index contributed by atoms with van der Waals surface area (Å²) in [5.74, 6) is 1.07. The minimum Gasteiger partial charge on any atom is -0.385 e. The van der Waals surface area contributed by atoms with Gasteiger partial charge in [0.25, 0.3) is 0 Å². The number of ether oxygens (including phenoxy) is 3. The van der Waals surface area contributed by atoms with Crippen molar-refractivity contribution in [2.24, 2.45) is 23.2 Å². The second-order valence-electron chi connectivity index (χ2n) is 14.0. The molecule has 5 nitrogen and oxygen atoms in total. The van der Waals surface area contributed by atoms with Gasteiger partial charge in [-0.1, -0.05) is 43.3 Å². The number of Topliss-reactive ketones (excluding diaryl/α,β-unsaturated/α-hetero) is 1. The number of fused-ring (bicyclic) bond motifs is 5. The van der Waals surface area contributed by atoms with Crippen LogP contribution in [0, 0.1) is 23.2 Å². The molecule has 5 heteroatoms. The molecule has 2 heterocycles. The van der Waals surface area contributed by atoms with E-state index in [1.165, 1.54) is 22.3 Å². The van der Waals surface area contributed by atoms with E-state index in [0.29, 0.717) is 37.3 Å². The number of ketones is 1. The van der Waals surface area contributed by atoms with Crippen LogP contribution in [0.3, 0.4) is 0 Å². The van der Waals surface area contributed by atoms with Gasteiger partial charge in [-0.05, 0) is 86.3 Å². The molecule has 1 N–H and O–H groups in total. The van der Waals surface area contributed by atoms with E-state index in [9.17, 15) is 9.90 Å². The molecule has 6 atom stereocenters. The summed E-state index contributed by atoms with van der Waals surface area (Å²) in [6.45, 7) is 9.05. The van der Waals surface area contributed by atoms with Crippen LogP contribution in [-0.4, -0.2) is 47.7 Å². The number of rotatable bonds is 3. The Kier molecular flexibility index (Phi) is 5.36. The average molecular weight is 531 g/mol. The molecule has 2 aliphatic heterocycles. The summed E-state index contributed by atoms with van der Waals surface area (Å²) < 4.78 is 18.9. The third kappa shape index (κ3) is 3.43. The largest absolute Gasteiger partial charge is 0.385 e. The van der Waals surface area contributed by atoms with Crippen molar-refractivity contribution < 1.29 is 24.1 Å². The zero-order valence-electron chi connectivity index (χ0n) is 23.3. The van der Waals surface area contributed by atoms with Gasteiger partial charge in [0, 0.05) is 35.7 Å². The average Bonchev–Trinajstić information content (AvgIpc) is 3.47. The molecule has 0 bridgehead atoms. The van der Waals surface area contributed by atoms with E-state index in [1.54, 1.807) is 0 Å². The lowest BCUT2D eigenvalue weighted by atomic mass is 9.49. The van der Waals surface area contributed by atoms with Gasteiger partial charge < -0.3 is 19.3 Å². The van der Waals surface area contributed by atoms with Crippen LogP contribution in [0.15, 0.2) is 47.6 Å². The normalized spacial score (nSPS) is 42.6. The Hall–Kier alpha value is -1.79. The summed E-state index contributed by atoms with van der Waals surface area (Å²) in [6, 6.07) is 8.54. The maximum atomic E-state index is 12.8. The summed E-state index contributed by atoms with van der Waals surface area (Å²) in [5.41, 5.74) is 5.06. The Bertz CT molecular complexity index is 1250. The summed E-state index contributed by atoms with van der Waals surface area (Å²) in [7, 11) is 0. The first-order valence-corrected chi connectivity index (χ1v) is 15.5. The summed E-state index contributed by atoms with van der Waals surface area (Å²) in [5, 5.41) is 12.3. The summed E-state index contributed by atoms with van der Waals surface area (Å²) in [6.07, 6.45) is 10.2. The maximum absolute atomic E-state index is 12.8. The van der Waals surface area contributed by atoms with Crippen molar-refractivity contribution in [1.82, 2.24) is 0 Å². The second kappa shape index (κ2) is 8.38. The highest BCUT2D eigenvalue weighted by molar-refractivity contribution is 5.99. The predicted molar refractivity (Wildman–Crippen MR) is 147 cm³/mol. The van der Waals surface area contributed by atoms with Crippen LogP contribution in [-0.2, 0) is 14.2 Å². The molecule has 8 rings (SSSR count). The van der Waals surface area contributed by atoms with Crippen LogP contribution in [0.1, 0.15) is 99.4 Å². The van der Waals surface area contributed by atoms with Crippen LogP contribution in [0.2, 0.25) is 0 Å². The number of allylic oxidation sites excluding steroid dienone is 1. The highest BCUT2D eigenvalue weighted by Gasteiger charge is 2.67. The lowest BCUT2D eigenvalue weighted by Crippen LogP contribution is -2.55. The van der Waals surface area contributed by atoms with Gasteiger partial charge in [0.1, 0.15) is 0 Å². The quantitative estimate of drug-likeness (QED) is 0.369. The Morgan fingerprint density at radius 3 is 2.41 bits per heavy atom. The van der Waals surface area contributed by atoms with E-state index >= 15 is 0 Å². The molecule has 0 radical (unpaired) electrons. The summed E-state index contributed by atoms with van der Waals surface area (Å²) in [4.78, 5) is 12.8. The second-order valence-corrected chi connectivity index (χ2v) is 14.0. The minimum atomic E-state index is -0.869. The van der Waals surface area contributed by atoms with Gasteiger partial charge in [-0.25, -0.2) is 0 Å². The first kappa shape index (κ1) is 25.0. The van der Waals surface area contributed by atoms with Crippen LogP contribution in [0.25, 0.3) is 0 Å². The van der Waals surface area contributed by atoms with E-state index in [2.05, 4.69) is 37.8 Å². The van der Waals surface area contributed by atoms with Crippen molar-refractivity contribution in [3.8, 4) is 0 Å². The van der Waals surface area contributed by atoms with Crippen molar-refractivity contribution in [3.63, 3.8) is 0 Å². The Balaban J connectivity index is 1.24. The molecule has 6 fully saturated rings. The van der Waals surface area contributed by atoms with Crippen molar-refractivity contribution in [1.29, 1.82) is 0 Å². The van der Waals surface area contributed by atoms with Gasteiger partial charge in [0.15, 0.2) is 11.6 Å². The number of hydrogen-bond donors (Lipinski definition) is 1. The smallest absolute Gasteiger partial charge is 0.171 e. The molecular weight excluding hydrogens is 488 g/mol. The van der Waals surface area contributed by atoms with Crippen molar-refractivity contribution in [2.75, 3.05) is 19.8 Å². The number of carbonyl (C=O) groups is 1. The molecule has 5 aliphatic carbocycles. The molecule has 1 aromatic carbocycles. The first-order chi connectivity index (χ1) is 18.8. The first-order valence-electron chi connectivity index (χ1n) is 15.5. The van der Waals surface area contributed by atoms with E-state index in [0.717, 1.165) is 76.4 Å². The number of aliphatic hydroxyl groups is 1. The lowest BCUT2D eigenvalue weighted by Gasteiger charge is -2.58. The minimum absolute atomic E-state index is 0.00546. The standard InChI is InChI=1S/C34H42O5/c1-21-12-16-39-34(21)15-11-27-25-9-13-32(36)20-33(37-17-18-38-33)14-10-28(32)29(25)26(19-31(27,34)2)22-3-5-23(6-4-22)30(35)24-7-8-24/h3-6,24-27,36H,1,7-20H2,2H3/t25?,26-,27?,31+,32-,34-/m1/s1. The number of carbonyl (C=O) groups excluding carboxylic acids is 1. The molecule has 208 valence electrons. The van der Waals surface area contributed by atoms with Crippen molar-refractivity contribution in [3.05, 3.63) is 58.7 Å². The summed E-state index contributed by atoms with van der Waals surface area (Å²) >= 11 is 0. The van der Waals surface area contributed by atoms with Crippen LogP contribution in [0.5, 0.6) is 0 Å². The predicted octanol–water partition coefficient (Wildman–Crippen LogP) is 6.26. The van der Waals surface area contributed by atoms with Gasteiger partial charge in [-0.3, -0.25) is 4.79 Å². The Morgan fingerprint density at radius 2 is 1.72 bits per heavy atom. The van der Waals surface area contributed by atoms with E-state index in [4.69, 9.17) is 14.2 Å². The monoisotopic (exact) mass is 530 g/mol. The zero-order valence-corrected chi connectivity index (χ0v) is 23.3. The fraction of sp³-hybridized carbons (Fsp3) is 0.676. The molecule has 0 aromatic heterocycles. The lowest BCUT2D eigenvalue weighted by molar-refractivity contribution is -0.208. The number of benzene rings is 1. The molecule has 4 saturated carbocycles. The van der Waals surface area contributed by atoms with Crippen LogP contribution < -0.4 is 0 Å². The van der Waals surface area contributed by atoms with Crippen LogP contribution in [0.4, 0.5) is 0 Å². The van der Waals surface area contributed by atoms with E-state index < -0.39 is 11.4 Å². The molecule has 0 amide bonds. The number of hydrogen-bond acceptors (Lipinski definition) is 5. The third-order valence-corrected chi connectivity index (χ3v) is 12.2. The molecule has 2 spiro atoms. The molecule has 2 saturated heterocycles. The SMILES string of the molecule is C=C1CCO[C@]12CCC1C3CC[C@@]4(O)CC5(CCC4=C3[C@@H](c3ccc(C(=O)C4CC4)cc3)C[C@@]12C)OCCO5. The van der Waals surface area contributed by atoms with Gasteiger partial charge in [-0.15, -0.1) is 0 Å². The topological polar surface area (TPSA) is 65.0 Å². The van der Waals surface area contributed by atoms with Gasteiger partial charge >= 0.3 is 0 Å². The molecule has 7 aliphatic rings. The molecular formula is C34H42O5. The van der Waals surface area contributed by atoms with Gasteiger partial charge in [0.05, 0.1) is 31.0 Å². The van der Waals surface area contributed by atoms with Gasteiger partial charge in [0.2, 0.25) is 0 Å². The van der Waals surface area contributed by atoms with Crippen molar-refractivity contribution >= 4 is 5.78 Å². The Labute approximate surface area is 232 Å². The third-order valence-electron chi connectivity index (χ3n) is 12.2. The maximum Gasteiger partial charge on any atom is 0.171 e. The molecule has 1 aromatic rings. The van der Waals surface area contributed by atoms with Crippen molar-refractivity contribution in [2.45, 2.75) is 100 Å². The van der Waals surface area contributed by atoms with E-state index in [-0.39, 0.29) is 22.9 Å². The highest BCUT2D eigenvalue weighted by atomic mass is 16.7. The highest BCUT2D eigenvalue weighted by Crippen LogP contribution is 2.70. The van der Waals surface area contributed by atoms with Gasteiger partial charge in [-0.2, -0.15) is 0 Å². The van der Waals surface area contributed by atoms with E-state index in [1.807, 2.05) is 0 Å². The van der Waals surface area contributed by atoms with Crippen LogP contribution >= 0.6 is 0 Å². The fourth-order valence-corrected chi connectivity index (χ4v) is 10.2. The molecule has 39 heavy (non-hydrogen) atoms.